The van der Waals surface area contributed by atoms with Crippen LogP contribution < -0.4 is 11.1 Å². The number of unbranched alkanes of at least 4 members (excludes halogenated alkanes) is 1. The molecule has 0 aliphatic rings. The van der Waals surface area contributed by atoms with Gasteiger partial charge in [0.05, 0.1) is 6.04 Å². The third-order valence-corrected chi connectivity index (χ3v) is 2.40. The van der Waals surface area contributed by atoms with Crippen LogP contribution >= 0.6 is 0 Å². The van der Waals surface area contributed by atoms with Crippen LogP contribution in [0.1, 0.15) is 47.0 Å². The van der Waals surface area contributed by atoms with Crippen molar-refractivity contribution in [1.29, 1.82) is 0 Å². The Morgan fingerprint density at radius 3 is 2.36 bits per heavy atom. The van der Waals surface area contributed by atoms with Crippen molar-refractivity contribution in [3.63, 3.8) is 0 Å². The Morgan fingerprint density at radius 1 is 1.36 bits per heavy atom. The molecule has 0 saturated heterocycles. The molecule has 2 atom stereocenters. The molecule has 3 nitrogen and oxygen atoms in total. The Hall–Kier alpha value is -0.570. The van der Waals surface area contributed by atoms with Gasteiger partial charge in [0.15, 0.2) is 0 Å². The smallest absolute Gasteiger partial charge is 0.237 e. The molecule has 1 amide bonds. The number of nitrogens with one attached hydrogen (secondary N) is 1. The summed E-state index contributed by atoms with van der Waals surface area (Å²) in [5.74, 6) is 0.178. The van der Waals surface area contributed by atoms with Crippen molar-refractivity contribution in [2.24, 2.45) is 11.7 Å². The summed E-state index contributed by atoms with van der Waals surface area (Å²) in [6.07, 6.45) is 3.35. The summed E-state index contributed by atoms with van der Waals surface area (Å²) in [6.45, 7) is 8.09. The second kappa shape index (κ2) is 6.82. The second-order valence-electron chi connectivity index (χ2n) is 4.32. The van der Waals surface area contributed by atoms with Crippen LogP contribution in [0.15, 0.2) is 0 Å². The minimum atomic E-state index is -0.376. The van der Waals surface area contributed by atoms with E-state index in [1.54, 1.807) is 0 Å². The molecule has 0 radical (unpaired) electrons. The third kappa shape index (κ3) is 5.22. The van der Waals surface area contributed by atoms with E-state index in [0.717, 1.165) is 19.3 Å². The molecule has 0 spiro atoms. The summed E-state index contributed by atoms with van der Waals surface area (Å²) in [5.41, 5.74) is 5.72. The molecule has 0 saturated carbocycles. The van der Waals surface area contributed by atoms with E-state index >= 15 is 0 Å². The number of rotatable bonds is 6. The molecule has 3 heteroatoms. The number of hydrogen-bond acceptors (Lipinski definition) is 2. The third-order valence-electron chi connectivity index (χ3n) is 2.40. The number of hydrogen-bond donors (Lipinski definition) is 2. The summed E-state index contributed by atoms with van der Waals surface area (Å²) < 4.78 is 0. The van der Waals surface area contributed by atoms with E-state index in [1.165, 1.54) is 0 Å². The number of nitrogens with two attached hydrogens (primary N) is 1. The van der Waals surface area contributed by atoms with E-state index in [0.29, 0.717) is 0 Å². The molecule has 14 heavy (non-hydrogen) atoms. The van der Waals surface area contributed by atoms with Gasteiger partial charge in [-0.15, -0.1) is 0 Å². The van der Waals surface area contributed by atoms with Crippen molar-refractivity contribution in [1.82, 2.24) is 5.32 Å². The standard InChI is InChI=1S/C11H24N2O/c1-5-6-7-9(4)13-11(14)10(12)8(2)3/h8-10H,5-7,12H2,1-4H3,(H,13,14). The molecular weight excluding hydrogens is 176 g/mol. The van der Waals surface area contributed by atoms with Gasteiger partial charge in [-0.05, 0) is 19.3 Å². The first-order chi connectivity index (χ1) is 6.49. The van der Waals surface area contributed by atoms with Crippen molar-refractivity contribution in [2.75, 3.05) is 0 Å². The van der Waals surface area contributed by atoms with Crippen molar-refractivity contribution < 1.29 is 4.79 Å². The normalized spacial score (nSPS) is 15.3. The van der Waals surface area contributed by atoms with Gasteiger partial charge in [0.25, 0.3) is 0 Å². The van der Waals surface area contributed by atoms with E-state index in [1.807, 2.05) is 20.8 Å². The first kappa shape index (κ1) is 13.4. The second-order valence-corrected chi connectivity index (χ2v) is 4.32. The fraction of sp³-hybridized carbons (Fsp3) is 0.909. The van der Waals surface area contributed by atoms with Crippen LogP contribution in [-0.2, 0) is 4.79 Å². The van der Waals surface area contributed by atoms with Crippen LogP contribution in [0.4, 0.5) is 0 Å². The maximum absolute atomic E-state index is 11.5. The van der Waals surface area contributed by atoms with Gasteiger partial charge >= 0.3 is 0 Å². The minimum absolute atomic E-state index is 0.0244. The summed E-state index contributed by atoms with van der Waals surface area (Å²) in [7, 11) is 0. The van der Waals surface area contributed by atoms with E-state index in [-0.39, 0.29) is 23.9 Å². The monoisotopic (exact) mass is 200 g/mol. The van der Waals surface area contributed by atoms with Crippen molar-refractivity contribution in [2.45, 2.75) is 59.0 Å². The van der Waals surface area contributed by atoms with E-state index in [2.05, 4.69) is 12.2 Å². The van der Waals surface area contributed by atoms with Crippen LogP contribution in [0.2, 0.25) is 0 Å². The molecule has 0 aromatic rings. The zero-order valence-electron chi connectivity index (χ0n) is 9.84. The Morgan fingerprint density at radius 2 is 1.93 bits per heavy atom. The Bertz CT molecular complexity index is 169. The Kier molecular flexibility index (Phi) is 6.54. The van der Waals surface area contributed by atoms with Gasteiger partial charge in [0.2, 0.25) is 5.91 Å². The number of carbonyl (C=O) groups excluding carboxylic acids is 1. The maximum Gasteiger partial charge on any atom is 0.237 e. The molecule has 0 bridgehead atoms. The number of amides is 1. The highest BCUT2D eigenvalue weighted by Gasteiger charge is 2.18. The van der Waals surface area contributed by atoms with Crippen LogP contribution in [-0.4, -0.2) is 18.0 Å². The number of carbonyl (C=O) groups is 1. The molecule has 0 aliphatic heterocycles. The highest BCUT2D eigenvalue weighted by molar-refractivity contribution is 5.81. The minimum Gasteiger partial charge on any atom is -0.352 e. The average Bonchev–Trinajstić information content (AvgIpc) is 2.13. The van der Waals surface area contributed by atoms with Gasteiger partial charge in [-0.3, -0.25) is 4.79 Å². The van der Waals surface area contributed by atoms with Gasteiger partial charge in [-0.25, -0.2) is 0 Å². The molecule has 84 valence electrons. The van der Waals surface area contributed by atoms with Gasteiger partial charge in [-0.1, -0.05) is 33.6 Å². The molecule has 2 unspecified atom stereocenters. The van der Waals surface area contributed by atoms with Gasteiger partial charge < -0.3 is 11.1 Å². The zero-order chi connectivity index (χ0) is 11.1. The molecule has 0 heterocycles. The molecule has 0 fully saturated rings. The van der Waals surface area contributed by atoms with Crippen LogP contribution in [0.25, 0.3) is 0 Å². The average molecular weight is 200 g/mol. The maximum atomic E-state index is 11.5. The van der Waals surface area contributed by atoms with E-state index in [9.17, 15) is 4.79 Å². The summed E-state index contributed by atoms with van der Waals surface area (Å²) >= 11 is 0. The summed E-state index contributed by atoms with van der Waals surface area (Å²) in [5, 5.41) is 2.93. The summed E-state index contributed by atoms with van der Waals surface area (Å²) in [6, 6.07) is -0.133. The van der Waals surface area contributed by atoms with Crippen molar-refractivity contribution in [3.8, 4) is 0 Å². The lowest BCUT2D eigenvalue weighted by atomic mass is 10.0. The highest BCUT2D eigenvalue weighted by atomic mass is 16.2. The van der Waals surface area contributed by atoms with E-state index in [4.69, 9.17) is 5.73 Å². The lowest BCUT2D eigenvalue weighted by molar-refractivity contribution is -0.123. The SMILES string of the molecule is CCCCC(C)NC(=O)C(N)C(C)C. The first-order valence-electron chi connectivity index (χ1n) is 5.55. The van der Waals surface area contributed by atoms with Gasteiger partial charge in [-0.2, -0.15) is 0 Å². The van der Waals surface area contributed by atoms with Gasteiger partial charge in [0.1, 0.15) is 0 Å². The molecule has 0 aliphatic carbocycles. The Balaban J connectivity index is 3.81. The fourth-order valence-electron chi connectivity index (χ4n) is 1.22. The highest BCUT2D eigenvalue weighted by Crippen LogP contribution is 2.02. The molecule has 0 aromatic carbocycles. The lowest BCUT2D eigenvalue weighted by Gasteiger charge is -2.19. The predicted molar refractivity (Wildman–Crippen MR) is 59.9 cm³/mol. The van der Waals surface area contributed by atoms with Crippen molar-refractivity contribution >= 4 is 5.91 Å². The molecular formula is C11H24N2O. The first-order valence-corrected chi connectivity index (χ1v) is 5.55. The van der Waals surface area contributed by atoms with E-state index < -0.39 is 0 Å². The summed E-state index contributed by atoms with van der Waals surface area (Å²) in [4.78, 5) is 11.5. The zero-order valence-corrected chi connectivity index (χ0v) is 9.84. The fourth-order valence-corrected chi connectivity index (χ4v) is 1.22. The molecule has 0 rings (SSSR count). The van der Waals surface area contributed by atoms with Crippen LogP contribution in [0, 0.1) is 5.92 Å². The lowest BCUT2D eigenvalue weighted by Crippen LogP contribution is -2.47. The molecule has 3 N–H and O–H groups in total. The van der Waals surface area contributed by atoms with Crippen LogP contribution in [0.3, 0.4) is 0 Å². The topological polar surface area (TPSA) is 55.1 Å². The predicted octanol–water partition coefficient (Wildman–Crippen LogP) is 1.66. The quantitative estimate of drug-likeness (QED) is 0.685. The molecule has 0 aromatic heterocycles. The van der Waals surface area contributed by atoms with Crippen molar-refractivity contribution in [3.05, 3.63) is 0 Å². The largest absolute Gasteiger partial charge is 0.352 e. The van der Waals surface area contributed by atoms with Crippen LogP contribution in [0.5, 0.6) is 0 Å². The van der Waals surface area contributed by atoms with Gasteiger partial charge in [0, 0.05) is 6.04 Å². The Labute approximate surface area is 87.4 Å².